The number of hydrogen-bond acceptors (Lipinski definition) is 4. The van der Waals surface area contributed by atoms with E-state index in [0.29, 0.717) is 19.7 Å². The monoisotopic (exact) mass is 273 g/mol. The Kier molecular flexibility index (Phi) is 5.91. The molecule has 18 heavy (non-hydrogen) atoms. The molecule has 1 aromatic rings. The first kappa shape index (κ1) is 14.8. The van der Waals surface area contributed by atoms with Gasteiger partial charge in [-0.25, -0.2) is 0 Å². The molecular formula is C12H16ClNO4. The van der Waals surface area contributed by atoms with Crippen LogP contribution in [0, 0.1) is 0 Å². The number of aromatic hydroxyl groups is 1. The molecule has 0 unspecified atom stereocenters. The van der Waals surface area contributed by atoms with Crippen LogP contribution in [0.1, 0.15) is 5.56 Å². The third kappa shape index (κ3) is 4.91. The zero-order valence-electron chi connectivity index (χ0n) is 10.1. The number of aliphatic carboxylic acids is 1. The Morgan fingerprint density at radius 2 is 2.22 bits per heavy atom. The van der Waals surface area contributed by atoms with Gasteiger partial charge in [-0.15, -0.1) is 0 Å². The number of carboxylic acids is 1. The van der Waals surface area contributed by atoms with Crippen molar-refractivity contribution in [2.45, 2.75) is 6.54 Å². The molecule has 1 aromatic carbocycles. The van der Waals surface area contributed by atoms with Crippen molar-refractivity contribution in [1.82, 2.24) is 4.90 Å². The van der Waals surface area contributed by atoms with E-state index in [4.69, 9.17) is 21.4 Å². The van der Waals surface area contributed by atoms with Crippen molar-refractivity contribution in [1.29, 1.82) is 0 Å². The molecule has 100 valence electrons. The van der Waals surface area contributed by atoms with Gasteiger partial charge in [0, 0.05) is 20.2 Å². The molecule has 0 radical (unpaired) electrons. The van der Waals surface area contributed by atoms with Gasteiger partial charge >= 0.3 is 5.97 Å². The van der Waals surface area contributed by atoms with Gasteiger partial charge in [0.15, 0.2) is 0 Å². The summed E-state index contributed by atoms with van der Waals surface area (Å²) in [6, 6.07) is 4.83. The predicted octanol–water partition coefficient (Wildman–Crippen LogP) is 1.58. The van der Waals surface area contributed by atoms with Crippen LogP contribution in [-0.4, -0.2) is 47.9 Å². The molecule has 0 saturated heterocycles. The van der Waals surface area contributed by atoms with Crippen molar-refractivity contribution in [3.63, 3.8) is 0 Å². The molecule has 0 heterocycles. The largest absolute Gasteiger partial charge is 0.506 e. The Bertz CT molecular complexity index is 411. The van der Waals surface area contributed by atoms with E-state index in [1.807, 2.05) is 0 Å². The molecular weight excluding hydrogens is 258 g/mol. The zero-order chi connectivity index (χ0) is 13.5. The minimum atomic E-state index is -0.893. The Hall–Kier alpha value is -1.30. The molecule has 0 bridgehead atoms. The fraction of sp³-hybridized carbons (Fsp3) is 0.417. The van der Waals surface area contributed by atoms with E-state index >= 15 is 0 Å². The molecule has 0 saturated carbocycles. The number of carbonyl (C=O) groups is 1. The first-order valence-electron chi connectivity index (χ1n) is 5.43. The minimum absolute atomic E-state index is 0.0158. The average molecular weight is 274 g/mol. The first-order chi connectivity index (χ1) is 8.52. The van der Waals surface area contributed by atoms with Crippen LogP contribution < -0.4 is 0 Å². The van der Waals surface area contributed by atoms with Crippen LogP contribution in [0.4, 0.5) is 0 Å². The Labute approximate surface area is 111 Å². The van der Waals surface area contributed by atoms with Crippen LogP contribution in [0.5, 0.6) is 5.75 Å². The fourth-order valence-electron chi connectivity index (χ4n) is 1.53. The van der Waals surface area contributed by atoms with Crippen LogP contribution in [-0.2, 0) is 16.1 Å². The summed E-state index contributed by atoms with van der Waals surface area (Å²) in [6.07, 6.45) is 0. The van der Waals surface area contributed by atoms with Crippen LogP contribution in [0.2, 0.25) is 5.02 Å². The second kappa shape index (κ2) is 7.20. The fourth-order valence-corrected chi connectivity index (χ4v) is 1.74. The van der Waals surface area contributed by atoms with Crippen molar-refractivity contribution in [3.8, 4) is 5.75 Å². The van der Waals surface area contributed by atoms with Gasteiger partial charge < -0.3 is 14.9 Å². The number of rotatable bonds is 7. The summed E-state index contributed by atoms with van der Waals surface area (Å²) in [4.78, 5) is 12.5. The summed E-state index contributed by atoms with van der Waals surface area (Å²) in [7, 11) is 1.57. The van der Waals surface area contributed by atoms with Gasteiger partial charge in [-0.3, -0.25) is 9.69 Å². The zero-order valence-corrected chi connectivity index (χ0v) is 10.9. The number of halogens is 1. The van der Waals surface area contributed by atoms with Crippen LogP contribution >= 0.6 is 11.6 Å². The number of methoxy groups -OCH3 is 1. The van der Waals surface area contributed by atoms with Crippen molar-refractivity contribution >= 4 is 17.6 Å². The normalized spacial score (nSPS) is 10.8. The minimum Gasteiger partial charge on any atom is -0.506 e. The van der Waals surface area contributed by atoms with E-state index in [-0.39, 0.29) is 17.3 Å². The van der Waals surface area contributed by atoms with Gasteiger partial charge in [-0.1, -0.05) is 17.7 Å². The number of ether oxygens (including phenoxy) is 1. The summed E-state index contributed by atoms with van der Waals surface area (Å²) in [5, 5.41) is 18.4. The van der Waals surface area contributed by atoms with Gasteiger partial charge in [-0.2, -0.15) is 0 Å². The Morgan fingerprint density at radius 1 is 1.50 bits per heavy atom. The molecule has 0 aliphatic carbocycles. The molecule has 1 rings (SSSR count). The van der Waals surface area contributed by atoms with Crippen LogP contribution in [0.25, 0.3) is 0 Å². The summed E-state index contributed by atoms with van der Waals surface area (Å²) < 4.78 is 4.93. The van der Waals surface area contributed by atoms with Crippen molar-refractivity contribution in [2.24, 2.45) is 0 Å². The third-order valence-corrected chi connectivity index (χ3v) is 2.69. The molecule has 0 aliphatic heterocycles. The van der Waals surface area contributed by atoms with Gasteiger partial charge in [0.05, 0.1) is 18.2 Å². The van der Waals surface area contributed by atoms with Crippen molar-refractivity contribution in [3.05, 3.63) is 28.8 Å². The lowest BCUT2D eigenvalue weighted by Crippen LogP contribution is -2.32. The first-order valence-corrected chi connectivity index (χ1v) is 5.81. The number of phenols is 1. The molecule has 0 aromatic heterocycles. The predicted molar refractivity (Wildman–Crippen MR) is 67.9 cm³/mol. The maximum absolute atomic E-state index is 10.7. The number of phenolic OH excluding ortho intramolecular Hbond substituents is 1. The number of carboxylic acid groups (broad SMARTS) is 1. The molecule has 0 atom stereocenters. The molecule has 2 N–H and O–H groups in total. The SMILES string of the molecule is COCCN(CC(=O)O)Cc1ccc(O)c(Cl)c1. The molecule has 0 aliphatic rings. The molecule has 0 spiro atoms. The lowest BCUT2D eigenvalue weighted by molar-refractivity contribution is -0.138. The maximum Gasteiger partial charge on any atom is 0.317 e. The van der Waals surface area contributed by atoms with Crippen molar-refractivity contribution < 1.29 is 19.7 Å². The van der Waals surface area contributed by atoms with Gasteiger partial charge in [0.25, 0.3) is 0 Å². The molecule has 6 heteroatoms. The average Bonchev–Trinajstić information content (AvgIpc) is 2.30. The Balaban J connectivity index is 2.68. The lowest BCUT2D eigenvalue weighted by Gasteiger charge is -2.20. The van der Waals surface area contributed by atoms with E-state index in [1.54, 1.807) is 24.1 Å². The van der Waals surface area contributed by atoms with Gasteiger partial charge in [0.1, 0.15) is 5.75 Å². The summed E-state index contributed by atoms with van der Waals surface area (Å²) in [5.74, 6) is -0.877. The maximum atomic E-state index is 10.7. The van der Waals surface area contributed by atoms with E-state index in [0.717, 1.165) is 5.56 Å². The van der Waals surface area contributed by atoms with Crippen LogP contribution in [0.15, 0.2) is 18.2 Å². The summed E-state index contributed by atoms with van der Waals surface area (Å²) in [6.45, 7) is 1.35. The highest BCUT2D eigenvalue weighted by molar-refractivity contribution is 6.32. The lowest BCUT2D eigenvalue weighted by atomic mass is 10.2. The highest BCUT2D eigenvalue weighted by Gasteiger charge is 2.11. The molecule has 5 nitrogen and oxygen atoms in total. The summed E-state index contributed by atoms with van der Waals surface area (Å²) >= 11 is 5.80. The van der Waals surface area contributed by atoms with Gasteiger partial charge in [-0.05, 0) is 17.7 Å². The quantitative estimate of drug-likeness (QED) is 0.789. The third-order valence-electron chi connectivity index (χ3n) is 2.39. The van der Waals surface area contributed by atoms with E-state index in [2.05, 4.69) is 0 Å². The molecule has 0 fully saturated rings. The van der Waals surface area contributed by atoms with Gasteiger partial charge in [0.2, 0.25) is 0 Å². The highest BCUT2D eigenvalue weighted by atomic mass is 35.5. The smallest absolute Gasteiger partial charge is 0.317 e. The van der Waals surface area contributed by atoms with E-state index in [9.17, 15) is 9.90 Å². The summed E-state index contributed by atoms with van der Waals surface area (Å²) in [5.41, 5.74) is 0.843. The topological polar surface area (TPSA) is 70.0 Å². The van der Waals surface area contributed by atoms with Crippen molar-refractivity contribution in [2.75, 3.05) is 26.8 Å². The van der Waals surface area contributed by atoms with Crippen LogP contribution in [0.3, 0.4) is 0 Å². The second-order valence-electron chi connectivity index (χ2n) is 3.88. The number of nitrogens with zero attached hydrogens (tertiary/aromatic N) is 1. The number of benzene rings is 1. The standard InChI is InChI=1S/C12H16ClNO4/c1-18-5-4-14(8-12(16)17)7-9-2-3-11(15)10(13)6-9/h2-3,6,15H,4-5,7-8H2,1H3,(H,16,17). The van der Waals surface area contributed by atoms with E-state index < -0.39 is 5.97 Å². The highest BCUT2D eigenvalue weighted by Crippen LogP contribution is 2.24. The molecule has 0 amide bonds. The number of hydrogen-bond donors (Lipinski definition) is 2. The van der Waals surface area contributed by atoms with E-state index in [1.165, 1.54) is 6.07 Å². The second-order valence-corrected chi connectivity index (χ2v) is 4.29. The Morgan fingerprint density at radius 3 is 2.78 bits per heavy atom.